The van der Waals surface area contributed by atoms with Gasteiger partial charge in [0.25, 0.3) is 0 Å². The number of benzene rings is 2. The van der Waals surface area contributed by atoms with Crippen LogP contribution in [0, 0.1) is 11.3 Å². The van der Waals surface area contributed by atoms with Crippen LogP contribution < -0.4 is 9.47 Å². The molecule has 0 aliphatic heterocycles. The van der Waals surface area contributed by atoms with Crippen LogP contribution in [0.25, 0.3) is 0 Å². The first-order valence-corrected chi connectivity index (χ1v) is 13.8. The maximum absolute atomic E-state index is 11.5. The second-order valence-corrected chi connectivity index (χ2v) is 11.2. The average Bonchev–Trinajstić information content (AvgIpc) is 3.24. The van der Waals surface area contributed by atoms with Gasteiger partial charge in [-0.25, -0.2) is 18.4 Å². The van der Waals surface area contributed by atoms with Crippen LogP contribution in [-0.4, -0.2) is 31.2 Å². The molecule has 0 fully saturated rings. The molecule has 9 heteroatoms. The normalized spacial score (nSPS) is 14.9. The lowest BCUT2D eigenvalue weighted by molar-refractivity contribution is 0.300. The summed E-state index contributed by atoms with van der Waals surface area (Å²) in [6, 6.07) is 13.7. The quantitative estimate of drug-likeness (QED) is 0.398. The van der Waals surface area contributed by atoms with E-state index in [2.05, 4.69) is 22.1 Å². The number of fused-ring (bicyclic) bond motifs is 1. The van der Waals surface area contributed by atoms with Crippen molar-refractivity contribution in [2.45, 2.75) is 44.5 Å². The summed E-state index contributed by atoms with van der Waals surface area (Å²) in [4.78, 5) is 8.30. The van der Waals surface area contributed by atoms with E-state index in [-0.39, 0.29) is 24.1 Å². The lowest BCUT2D eigenvalue weighted by Crippen LogP contribution is -2.08. The molecule has 7 nitrogen and oxygen atoms in total. The number of ether oxygens (including phenoxy) is 2. The highest BCUT2D eigenvalue weighted by Gasteiger charge is 2.26. The summed E-state index contributed by atoms with van der Waals surface area (Å²) in [6.45, 7) is 2.73. The zero-order valence-corrected chi connectivity index (χ0v) is 21.2. The van der Waals surface area contributed by atoms with E-state index in [0.29, 0.717) is 34.4 Å². The number of aromatic nitrogens is 2. The summed E-state index contributed by atoms with van der Waals surface area (Å²) in [7, 11) is -3.21. The first kappa shape index (κ1) is 25.0. The summed E-state index contributed by atoms with van der Waals surface area (Å²) >= 11 is 6.49. The van der Waals surface area contributed by atoms with Crippen LogP contribution in [0.1, 0.15) is 59.5 Å². The minimum Gasteiger partial charge on any atom is -0.491 e. The van der Waals surface area contributed by atoms with Gasteiger partial charge >= 0.3 is 0 Å². The summed E-state index contributed by atoms with van der Waals surface area (Å²) < 4.78 is 34.6. The largest absolute Gasteiger partial charge is 0.491 e. The summed E-state index contributed by atoms with van der Waals surface area (Å²) in [5, 5.41) is 10.1. The van der Waals surface area contributed by atoms with Gasteiger partial charge in [-0.2, -0.15) is 5.26 Å². The Kier molecular flexibility index (Phi) is 7.58. The number of rotatable bonds is 9. The predicted molar refractivity (Wildman–Crippen MR) is 133 cm³/mol. The van der Waals surface area contributed by atoms with E-state index in [1.165, 1.54) is 11.1 Å². The van der Waals surface area contributed by atoms with Crippen LogP contribution in [-0.2, 0) is 28.6 Å². The molecule has 4 rings (SSSR count). The summed E-state index contributed by atoms with van der Waals surface area (Å²) in [5.41, 5.74) is 4.45. The molecule has 0 radical (unpaired) electrons. The molecule has 1 atom stereocenters. The van der Waals surface area contributed by atoms with Crippen molar-refractivity contribution in [3.8, 4) is 17.6 Å². The molecule has 1 aliphatic rings. The summed E-state index contributed by atoms with van der Waals surface area (Å²) in [5.74, 6) is 1.36. The first-order valence-electron chi connectivity index (χ1n) is 11.4. The zero-order chi connectivity index (χ0) is 25.0. The van der Waals surface area contributed by atoms with Gasteiger partial charge in [0.05, 0.1) is 22.9 Å². The number of sulfone groups is 1. The third-order valence-corrected chi connectivity index (χ3v) is 6.84. The molecule has 0 unspecified atom stereocenters. The number of hydrogen-bond acceptors (Lipinski definition) is 7. The molecule has 35 heavy (non-hydrogen) atoms. The Morgan fingerprint density at radius 3 is 2.77 bits per heavy atom. The number of halogens is 1. The molecule has 0 N–H and O–H groups in total. The molecular formula is C26H26ClN3O4S. The van der Waals surface area contributed by atoms with Crippen molar-refractivity contribution >= 4 is 21.4 Å². The molecule has 0 spiro atoms. The molecule has 0 amide bonds. The Bertz CT molecular complexity index is 1390. The van der Waals surface area contributed by atoms with Crippen molar-refractivity contribution in [3.63, 3.8) is 0 Å². The number of aryl methyl sites for hydroxylation is 1. The standard InChI is InChI=1S/C26H26ClN3O4S/c1-3-10-33-26-19(14-28)11-18(13-24(26)27)23-6-4-17-12-21(5-7-22(17)23)34-15-20-8-9-29-25(30-20)16-35(2,31)32/h5,7-9,11-13,23H,3-4,6,10,15-16H2,1-2H3/t23-/m1/s1. The van der Waals surface area contributed by atoms with Crippen molar-refractivity contribution in [1.82, 2.24) is 9.97 Å². The second kappa shape index (κ2) is 10.6. The van der Waals surface area contributed by atoms with Gasteiger partial charge in [0.2, 0.25) is 0 Å². The van der Waals surface area contributed by atoms with Crippen molar-refractivity contribution < 1.29 is 17.9 Å². The van der Waals surface area contributed by atoms with Crippen LogP contribution in [0.15, 0.2) is 42.6 Å². The molecule has 1 aromatic heterocycles. The fourth-order valence-electron chi connectivity index (χ4n) is 4.26. The highest BCUT2D eigenvalue weighted by atomic mass is 35.5. The van der Waals surface area contributed by atoms with Crippen molar-refractivity contribution in [1.29, 1.82) is 5.26 Å². The van der Waals surface area contributed by atoms with Crippen LogP contribution in [0.5, 0.6) is 11.5 Å². The third kappa shape index (κ3) is 6.11. The number of nitriles is 1. The molecular weight excluding hydrogens is 486 g/mol. The van der Waals surface area contributed by atoms with Gasteiger partial charge in [0.15, 0.2) is 15.6 Å². The van der Waals surface area contributed by atoms with E-state index in [4.69, 9.17) is 21.1 Å². The van der Waals surface area contributed by atoms with Crippen molar-refractivity contribution in [2.24, 2.45) is 0 Å². The van der Waals surface area contributed by atoms with Gasteiger partial charge in [0, 0.05) is 18.4 Å². The van der Waals surface area contributed by atoms with Gasteiger partial charge in [-0.3, -0.25) is 0 Å². The fraction of sp³-hybridized carbons (Fsp3) is 0.346. The van der Waals surface area contributed by atoms with Gasteiger partial charge in [-0.05, 0) is 66.3 Å². The van der Waals surface area contributed by atoms with E-state index in [1.54, 1.807) is 12.3 Å². The van der Waals surface area contributed by atoms with E-state index >= 15 is 0 Å². The minimum atomic E-state index is -3.21. The minimum absolute atomic E-state index is 0.143. The maximum atomic E-state index is 11.5. The van der Waals surface area contributed by atoms with Gasteiger partial charge in [0.1, 0.15) is 30.0 Å². The van der Waals surface area contributed by atoms with E-state index in [0.717, 1.165) is 31.1 Å². The lowest BCUT2D eigenvalue weighted by Gasteiger charge is -2.16. The molecule has 1 heterocycles. The fourth-order valence-corrected chi connectivity index (χ4v) is 5.15. The third-order valence-electron chi connectivity index (χ3n) is 5.77. The van der Waals surface area contributed by atoms with Gasteiger partial charge in [-0.15, -0.1) is 0 Å². The monoisotopic (exact) mass is 511 g/mol. The highest BCUT2D eigenvalue weighted by Crippen LogP contribution is 2.42. The van der Waals surface area contributed by atoms with Gasteiger partial charge < -0.3 is 9.47 Å². The molecule has 1 aliphatic carbocycles. The Morgan fingerprint density at radius 2 is 2.03 bits per heavy atom. The Hall–Kier alpha value is -3.15. The average molecular weight is 512 g/mol. The molecule has 3 aromatic rings. The lowest BCUT2D eigenvalue weighted by atomic mass is 9.91. The number of hydrogen-bond donors (Lipinski definition) is 0. The Balaban J connectivity index is 1.49. The molecule has 0 saturated heterocycles. The Morgan fingerprint density at radius 1 is 1.20 bits per heavy atom. The van der Waals surface area contributed by atoms with Crippen LogP contribution in [0.3, 0.4) is 0 Å². The van der Waals surface area contributed by atoms with E-state index in [1.807, 2.05) is 31.2 Å². The molecule has 182 valence electrons. The molecule has 2 aromatic carbocycles. The highest BCUT2D eigenvalue weighted by molar-refractivity contribution is 7.89. The van der Waals surface area contributed by atoms with Gasteiger partial charge in [-0.1, -0.05) is 24.6 Å². The van der Waals surface area contributed by atoms with Crippen molar-refractivity contribution in [2.75, 3.05) is 12.9 Å². The van der Waals surface area contributed by atoms with E-state index in [9.17, 15) is 13.7 Å². The van der Waals surface area contributed by atoms with Crippen LogP contribution >= 0.6 is 11.6 Å². The smallest absolute Gasteiger partial charge is 0.155 e. The van der Waals surface area contributed by atoms with Crippen LogP contribution in [0.2, 0.25) is 5.02 Å². The summed E-state index contributed by atoms with van der Waals surface area (Å²) in [6.07, 6.45) is 5.33. The number of nitrogens with zero attached hydrogens (tertiary/aromatic N) is 3. The second-order valence-electron chi connectivity index (χ2n) is 8.61. The molecule has 0 bridgehead atoms. The predicted octanol–water partition coefficient (Wildman–Crippen LogP) is 4.99. The zero-order valence-electron chi connectivity index (χ0n) is 19.6. The van der Waals surface area contributed by atoms with Crippen LogP contribution in [0.4, 0.5) is 0 Å². The maximum Gasteiger partial charge on any atom is 0.155 e. The molecule has 0 saturated carbocycles. The Labute approximate surface area is 210 Å². The SMILES string of the molecule is CCCOc1c(Cl)cc([C@H]2CCc3cc(OCc4ccnc(CS(C)(=O)=O)n4)ccc32)cc1C#N. The first-order chi connectivity index (χ1) is 16.8. The van der Waals surface area contributed by atoms with E-state index < -0.39 is 9.84 Å². The van der Waals surface area contributed by atoms with Crippen molar-refractivity contribution in [3.05, 3.63) is 81.4 Å². The topological polar surface area (TPSA) is 102 Å².